The number of hydrogen-bond acceptors (Lipinski definition) is 6. The molecule has 2 aliphatic rings. The number of carbonyl (C=O) groups excluding carboxylic acids is 1. The number of carbonyl (C=O) groups is 1. The normalized spacial score (nSPS) is 16.7. The molecule has 0 spiro atoms. The standard InChI is InChI=1S/C22H22N6O/c1-13-4-2-10-24-17(13)18(14-6-7-14)26-21-16-8-11-25-22(29)19(16)27-20(28-21)15-5-3-9-23-12-15/h2-5,9-10,12,14,18H,6-8,11H2,1H3,(H,25,29)(H,26,27,28). The van der Waals surface area contributed by atoms with Crippen molar-refractivity contribution in [1.29, 1.82) is 0 Å². The van der Waals surface area contributed by atoms with Crippen LogP contribution in [0, 0.1) is 12.8 Å². The minimum atomic E-state index is -0.154. The fraction of sp³-hybridized carbons (Fsp3) is 0.318. The van der Waals surface area contributed by atoms with Gasteiger partial charge >= 0.3 is 0 Å². The summed E-state index contributed by atoms with van der Waals surface area (Å²) in [4.78, 5) is 30.7. The molecule has 3 aromatic rings. The molecule has 7 heteroatoms. The lowest BCUT2D eigenvalue weighted by Gasteiger charge is -2.25. The molecule has 3 aromatic heterocycles. The molecule has 1 atom stereocenters. The van der Waals surface area contributed by atoms with Gasteiger partial charge in [0.1, 0.15) is 11.5 Å². The van der Waals surface area contributed by atoms with Crippen molar-refractivity contribution in [3.8, 4) is 11.4 Å². The molecule has 1 saturated carbocycles. The molecule has 0 bridgehead atoms. The highest BCUT2D eigenvalue weighted by Crippen LogP contribution is 2.43. The summed E-state index contributed by atoms with van der Waals surface area (Å²) in [6.45, 7) is 2.68. The molecule has 2 N–H and O–H groups in total. The van der Waals surface area contributed by atoms with E-state index in [0.717, 1.165) is 41.0 Å². The van der Waals surface area contributed by atoms with Crippen molar-refractivity contribution in [2.45, 2.75) is 32.2 Å². The Bertz CT molecular complexity index is 1060. The van der Waals surface area contributed by atoms with Crippen LogP contribution in [0.3, 0.4) is 0 Å². The van der Waals surface area contributed by atoms with Crippen molar-refractivity contribution in [2.24, 2.45) is 5.92 Å². The zero-order valence-corrected chi connectivity index (χ0v) is 16.2. The average molecular weight is 386 g/mol. The molecule has 0 aromatic carbocycles. The van der Waals surface area contributed by atoms with Crippen LogP contribution in [0.1, 0.15) is 46.2 Å². The fourth-order valence-corrected chi connectivity index (χ4v) is 3.85. The second-order valence-electron chi connectivity index (χ2n) is 7.64. The van der Waals surface area contributed by atoms with Crippen LogP contribution in [0.2, 0.25) is 0 Å². The number of hydrogen-bond donors (Lipinski definition) is 2. The summed E-state index contributed by atoms with van der Waals surface area (Å²) >= 11 is 0. The Hall–Kier alpha value is -3.35. The number of amides is 1. The molecule has 1 amide bonds. The third-order valence-electron chi connectivity index (χ3n) is 5.53. The first kappa shape index (κ1) is 17.7. The minimum Gasteiger partial charge on any atom is -0.361 e. The molecule has 4 heterocycles. The topological polar surface area (TPSA) is 92.7 Å². The van der Waals surface area contributed by atoms with E-state index in [9.17, 15) is 4.79 Å². The smallest absolute Gasteiger partial charge is 0.270 e. The number of nitrogens with one attached hydrogen (secondary N) is 2. The second-order valence-corrected chi connectivity index (χ2v) is 7.64. The molecule has 7 nitrogen and oxygen atoms in total. The van der Waals surface area contributed by atoms with E-state index in [4.69, 9.17) is 4.98 Å². The summed E-state index contributed by atoms with van der Waals surface area (Å²) in [5.41, 5.74) is 4.31. The van der Waals surface area contributed by atoms with Gasteiger partial charge in [-0.05, 0) is 55.9 Å². The van der Waals surface area contributed by atoms with Crippen LogP contribution in [0.5, 0.6) is 0 Å². The zero-order chi connectivity index (χ0) is 19.8. The van der Waals surface area contributed by atoms with Crippen LogP contribution < -0.4 is 10.6 Å². The van der Waals surface area contributed by atoms with E-state index in [2.05, 4.69) is 38.6 Å². The predicted molar refractivity (Wildman–Crippen MR) is 109 cm³/mol. The Morgan fingerprint density at radius 3 is 2.79 bits per heavy atom. The second kappa shape index (κ2) is 7.24. The summed E-state index contributed by atoms with van der Waals surface area (Å²) in [6.07, 6.45) is 8.29. The number of pyridine rings is 2. The van der Waals surface area contributed by atoms with Crippen LogP contribution in [0.15, 0.2) is 42.9 Å². The molecule has 0 radical (unpaired) electrons. The van der Waals surface area contributed by atoms with E-state index < -0.39 is 0 Å². The first-order valence-electron chi connectivity index (χ1n) is 9.98. The number of aromatic nitrogens is 4. The summed E-state index contributed by atoms with van der Waals surface area (Å²) in [5.74, 6) is 1.60. The van der Waals surface area contributed by atoms with Crippen molar-refractivity contribution in [3.63, 3.8) is 0 Å². The van der Waals surface area contributed by atoms with Crippen LogP contribution >= 0.6 is 0 Å². The van der Waals surface area contributed by atoms with Gasteiger partial charge in [0.15, 0.2) is 5.82 Å². The first-order valence-corrected chi connectivity index (χ1v) is 9.98. The van der Waals surface area contributed by atoms with Crippen molar-refractivity contribution < 1.29 is 4.79 Å². The van der Waals surface area contributed by atoms with Gasteiger partial charge in [-0.25, -0.2) is 9.97 Å². The van der Waals surface area contributed by atoms with E-state index in [-0.39, 0.29) is 11.9 Å². The van der Waals surface area contributed by atoms with Crippen molar-refractivity contribution in [3.05, 3.63) is 65.4 Å². The molecule has 1 fully saturated rings. The van der Waals surface area contributed by atoms with Gasteiger partial charge in [-0.2, -0.15) is 0 Å². The molecule has 1 aliphatic heterocycles. The van der Waals surface area contributed by atoms with Gasteiger partial charge in [0.05, 0.1) is 11.7 Å². The molecule has 146 valence electrons. The van der Waals surface area contributed by atoms with Gasteiger partial charge < -0.3 is 10.6 Å². The molecular formula is C22H22N6O. The quantitative estimate of drug-likeness (QED) is 0.700. The first-order chi connectivity index (χ1) is 14.2. The Morgan fingerprint density at radius 1 is 1.17 bits per heavy atom. The maximum atomic E-state index is 12.5. The van der Waals surface area contributed by atoms with E-state index in [0.29, 0.717) is 30.4 Å². The minimum absolute atomic E-state index is 0.0712. The SMILES string of the molecule is Cc1cccnc1C(Nc1nc(-c2cccnc2)nc2c1CCNC2=O)C1CC1. The average Bonchev–Trinajstić information content (AvgIpc) is 3.59. The number of nitrogens with zero attached hydrogens (tertiary/aromatic N) is 4. The van der Waals surface area contributed by atoms with Crippen LogP contribution in [-0.2, 0) is 6.42 Å². The summed E-state index contributed by atoms with van der Waals surface area (Å²) in [7, 11) is 0. The number of aryl methyl sites for hydroxylation is 1. The van der Waals surface area contributed by atoms with Crippen molar-refractivity contribution in [1.82, 2.24) is 25.3 Å². The van der Waals surface area contributed by atoms with Crippen molar-refractivity contribution in [2.75, 3.05) is 11.9 Å². The molecular weight excluding hydrogens is 364 g/mol. The number of anilines is 1. The summed E-state index contributed by atoms with van der Waals surface area (Å²) in [6, 6.07) is 7.86. The highest BCUT2D eigenvalue weighted by atomic mass is 16.1. The molecule has 0 saturated heterocycles. The Labute approximate surface area is 169 Å². The molecule has 5 rings (SSSR count). The fourth-order valence-electron chi connectivity index (χ4n) is 3.85. The Morgan fingerprint density at radius 2 is 2.03 bits per heavy atom. The zero-order valence-electron chi connectivity index (χ0n) is 16.2. The van der Waals surface area contributed by atoms with E-state index in [1.165, 1.54) is 0 Å². The highest BCUT2D eigenvalue weighted by molar-refractivity contribution is 5.96. The van der Waals surface area contributed by atoms with Gasteiger partial charge in [-0.1, -0.05) is 6.07 Å². The highest BCUT2D eigenvalue weighted by Gasteiger charge is 2.35. The van der Waals surface area contributed by atoms with Gasteiger partial charge in [0.25, 0.3) is 5.91 Å². The van der Waals surface area contributed by atoms with Crippen LogP contribution in [0.25, 0.3) is 11.4 Å². The maximum Gasteiger partial charge on any atom is 0.270 e. The Kier molecular flexibility index (Phi) is 4.42. The van der Waals surface area contributed by atoms with E-state index >= 15 is 0 Å². The van der Waals surface area contributed by atoms with E-state index in [1.807, 2.05) is 24.4 Å². The molecule has 29 heavy (non-hydrogen) atoms. The summed E-state index contributed by atoms with van der Waals surface area (Å²) in [5, 5.41) is 6.53. The van der Waals surface area contributed by atoms with E-state index in [1.54, 1.807) is 12.4 Å². The van der Waals surface area contributed by atoms with Gasteiger partial charge in [0.2, 0.25) is 0 Å². The number of fused-ring (bicyclic) bond motifs is 1. The lowest BCUT2D eigenvalue weighted by molar-refractivity contribution is 0.0940. The van der Waals surface area contributed by atoms with Crippen molar-refractivity contribution >= 4 is 11.7 Å². The maximum absolute atomic E-state index is 12.5. The van der Waals surface area contributed by atoms with Gasteiger partial charge in [-0.3, -0.25) is 14.8 Å². The largest absolute Gasteiger partial charge is 0.361 e. The van der Waals surface area contributed by atoms with Crippen LogP contribution in [-0.4, -0.2) is 32.4 Å². The number of rotatable bonds is 5. The Balaban J connectivity index is 1.60. The summed E-state index contributed by atoms with van der Waals surface area (Å²) < 4.78 is 0. The molecule has 1 aliphatic carbocycles. The predicted octanol–water partition coefficient (Wildman–Crippen LogP) is 3.09. The third kappa shape index (κ3) is 3.44. The van der Waals surface area contributed by atoms with Crippen LogP contribution in [0.4, 0.5) is 5.82 Å². The molecule has 1 unspecified atom stereocenters. The lowest BCUT2D eigenvalue weighted by Crippen LogP contribution is -2.34. The van der Waals surface area contributed by atoms with Gasteiger partial charge in [-0.15, -0.1) is 0 Å². The third-order valence-corrected chi connectivity index (χ3v) is 5.53. The monoisotopic (exact) mass is 386 g/mol. The van der Waals surface area contributed by atoms with Gasteiger partial charge in [0, 0.05) is 36.3 Å². The lowest BCUT2D eigenvalue weighted by atomic mass is 10.0.